The van der Waals surface area contributed by atoms with Crippen molar-refractivity contribution >= 4 is 29.7 Å². The summed E-state index contributed by atoms with van der Waals surface area (Å²) in [5.41, 5.74) is 9.06. The van der Waals surface area contributed by atoms with E-state index in [1.807, 2.05) is 29.2 Å². The molecule has 36 heavy (non-hydrogen) atoms. The van der Waals surface area contributed by atoms with Gasteiger partial charge in [0.2, 0.25) is 0 Å². The van der Waals surface area contributed by atoms with E-state index in [1.165, 1.54) is 10.9 Å². The number of nitrogens with two attached hydrogens (primary N) is 1. The molecular weight excluding hydrogens is 469 g/mol. The maximum atomic E-state index is 15.8. The van der Waals surface area contributed by atoms with E-state index in [2.05, 4.69) is 27.0 Å². The van der Waals surface area contributed by atoms with Crippen LogP contribution in [0.3, 0.4) is 0 Å². The first-order valence-electron chi connectivity index (χ1n) is 11.6. The highest BCUT2D eigenvalue weighted by Gasteiger charge is 2.46. The molecular formula is C23H28FN9O3. The fourth-order valence-corrected chi connectivity index (χ4v) is 4.40. The Kier molecular flexibility index (Phi) is 7.47. The summed E-state index contributed by atoms with van der Waals surface area (Å²) >= 11 is 0. The summed E-state index contributed by atoms with van der Waals surface area (Å²) in [4.78, 5) is 25.8. The van der Waals surface area contributed by atoms with Crippen molar-refractivity contribution in [1.82, 2.24) is 20.1 Å². The monoisotopic (exact) mass is 497 g/mol. The van der Waals surface area contributed by atoms with Crippen molar-refractivity contribution in [3.8, 4) is 6.07 Å². The van der Waals surface area contributed by atoms with Crippen LogP contribution in [0.5, 0.6) is 0 Å². The SMILES string of the molecule is CCOC(=O)Nc1nn(C2(CC#N)CCN(Cc3ccc(N4N=CCN4)cc3)CC2F)cc1C(N)=O. The highest BCUT2D eigenvalue weighted by atomic mass is 19.1. The Balaban J connectivity index is 1.50. The molecule has 0 bridgehead atoms. The van der Waals surface area contributed by atoms with Gasteiger partial charge in [-0.2, -0.15) is 20.6 Å². The van der Waals surface area contributed by atoms with Gasteiger partial charge in [0.1, 0.15) is 17.3 Å². The van der Waals surface area contributed by atoms with Crippen molar-refractivity contribution in [3.63, 3.8) is 0 Å². The molecule has 4 N–H and O–H groups in total. The average molecular weight is 498 g/mol. The van der Waals surface area contributed by atoms with E-state index in [9.17, 15) is 14.9 Å². The third-order valence-electron chi connectivity index (χ3n) is 6.30. The zero-order valence-electron chi connectivity index (χ0n) is 19.9. The number of hydrazine groups is 1. The van der Waals surface area contributed by atoms with Gasteiger partial charge in [-0.05, 0) is 31.0 Å². The van der Waals surface area contributed by atoms with Gasteiger partial charge < -0.3 is 10.5 Å². The number of nitriles is 1. The molecule has 12 nitrogen and oxygen atoms in total. The van der Waals surface area contributed by atoms with Crippen LogP contribution in [-0.2, 0) is 16.8 Å². The van der Waals surface area contributed by atoms with E-state index in [0.29, 0.717) is 19.6 Å². The minimum Gasteiger partial charge on any atom is -0.450 e. The molecule has 3 heterocycles. The summed E-state index contributed by atoms with van der Waals surface area (Å²) in [5, 5.41) is 22.0. The number of hydrazone groups is 1. The Morgan fingerprint density at radius 3 is 2.78 bits per heavy atom. The molecule has 0 aliphatic carbocycles. The number of halogens is 1. The number of alkyl halides is 1. The van der Waals surface area contributed by atoms with Crippen LogP contribution in [0, 0.1) is 11.3 Å². The van der Waals surface area contributed by atoms with E-state index in [4.69, 9.17) is 10.5 Å². The predicted molar refractivity (Wildman–Crippen MR) is 130 cm³/mol. The zero-order chi connectivity index (χ0) is 25.7. The van der Waals surface area contributed by atoms with Gasteiger partial charge in [-0.25, -0.2) is 14.6 Å². The molecule has 2 amide bonds. The second-order valence-corrected chi connectivity index (χ2v) is 8.58. The number of anilines is 2. The molecule has 4 rings (SSSR count). The van der Waals surface area contributed by atoms with Gasteiger partial charge in [-0.3, -0.25) is 19.7 Å². The van der Waals surface area contributed by atoms with Crippen molar-refractivity contribution in [3.05, 3.63) is 41.6 Å². The number of carbonyl (C=O) groups excluding carboxylic acids is 2. The second-order valence-electron chi connectivity index (χ2n) is 8.58. The van der Waals surface area contributed by atoms with Gasteiger partial charge in [0.25, 0.3) is 5.91 Å². The number of piperidine rings is 1. The molecule has 2 unspecified atom stereocenters. The van der Waals surface area contributed by atoms with Crippen LogP contribution in [-0.4, -0.2) is 65.3 Å². The molecule has 13 heteroatoms. The van der Waals surface area contributed by atoms with E-state index >= 15 is 4.39 Å². The molecule has 1 aromatic heterocycles. The third kappa shape index (κ3) is 5.14. The minimum atomic E-state index is -1.47. The highest BCUT2D eigenvalue weighted by Crippen LogP contribution is 2.37. The fraction of sp³-hybridized carbons (Fsp3) is 0.435. The number of nitrogens with one attached hydrogen (secondary N) is 2. The average Bonchev–Trinajstić information content (AvgIpc) is 3.53. The quantitative estimate of drug-likeness (QED) is 0.498. The summed E-state index contributed by atoms with van der Waals surface area (Å²) in [5.74, 6) is -0.976. The number of ether oxygens (including phenoxy) is 1. The fourth-order valence-electron chi connectivity index (χ4n) is 4.40. The number of likely N-dealkylation sites (tertiary alicyclic amines) is 1. The largest absolute Gasteiger partial charge is 0.450 e. The Labute approximate surface area is 207 Å². The Morgan fingerprint density at radius 2 is 2.17 bits per heavy atom. The zero-order valence-corrected chi connectivity index (χ0v) is 19.9. The molecule has 0 saturated carbocycles. The lowest BCUT2D eigenvalue weighted by Crippen LogP contribution is -2.54. The van der Waals surface area contributed by atoms with Crippen LogP contribution >= 0.6 is 0 Å². The van der Waals surface area contributed by atoms with E-state index in [1.54, 1.807) is 18.3 Å². The summed E-state index contributed by atoms with van der Waals surface area (Å²) in [6, 6.07) is 9.87. The van der Waals surface area contributed by atoms with Crippen molar-refractivity contribution in [2.24, 2.45) is 10.8 Å². The Morgan fingerprint density at radius 1 is 1.39 bits per heavy atom. The maximum absolute atomic E-state index is 15.8. The number of hydrogen-bond donors (Lipinski definition) is 3. The van der Waals surface area contributed by atoms with Crippen molar-refractivity contribution in [2.45, 2.75) is 38.0 Å². The van der Waals surface area contributed by atoms with Gasteiger partial charge in [0, 0.05) is 32.0 Å². The van der Waals surface area contributed by atoms with Crippen LogP contribution in [0.25, 0.3) is 0 Å². The number of nitrogens with zero attached hydrogens (tertiary/aromatic N) is 6. The van der Waals surface area contributed by atoms with E-state index in [0.717, 1.165) is 11.3 Å². The molecule has 0 spiro atoms. The van der Waals surface area contributed by atoms with E-state index in [-0.39, 0.29) is 37.4 Å². The number of rotatable bonds is 8. The number of amides is 2. The lowest BCUT2D eigenvalue weighted by Gasteiger charge is -2.43. The molecule has 1 aromatic carbocycles. The van der Waals surface area contributed by atoms with Gasteiger partial charge in [0.15, 0.2) is 5.82 Å². The molecule has 0 radical (unpaired) electrons. The van der Waals surface area contributed by atoms with Gasteiger partial charge >= 0.3 is 6.09 Å². The standard InChI is InChI=1S/C23H28FN9O3/c1-2-36-22(35)29-21-18(20(26)34)14-32(30-21)23(7-9-25)8-12-31(15-19(23)24)13-16-3-5-17(6-4-16)33-27-10-11-28-33/h3-6,10,14,19,28H,2,7-8,11-13,15H2,1H3,(H2,26,34)(H,29,30,35). The Hall–Kier alpha value is -4.02. The summed E-state index contributed by atoms with van der Waals surface area (Å²) in [7, 11) is 0. The molecule has 2 aromatic rings. The van der Waals surface area contributed by atoms with Crippen LogP contribution in [0.2, 0.25) is 0 Å². The normalized spacial score (nSPS) is 21.8. The topological polar surface area (TPSA) is 154 Å². The number of carbonyl (C=O) groups is 2. The third-order valence-corrected chi connectivity index (χ3v) is 6.30. The molecule has 1 fully saturated rings. The summed E-state index contributed by atoms with van der Waals surface area (Å²) in [6.45, 7) is 3.51. The van der Waals surface area contributed by atoms with Gasteiger partial charge in [-0.1, -0.05) is 12.1 Å². The van der Waals surface area contributed by atoms with Crippen LogP contribution in [0.15, 0.2) is 35.6 Å². The first kappa shape index (κ1) is 25.1. The van der Waals surface area contributed by atoms with E-state index < -0.39 is 23.7 Å². The second kappa shape index (κ2) is 10.7. The molecule has 2 aliphatic heterocycles. The van der Waals surface area contributed by atoms with Gasteiger partial charge in [-0.15, -0.1) is 0 Å². The van der Waals surface area contributed by atoms with Crippen LogP contribution in [0.4, 0.5) is 20.7 Å². The number of hydrogen-bond acceptors (Lipinski definition) is 9. The van der Waals surface area contributed by atoms with Crippen LogP contribution in [0.1, 0.15) is 35.7 Å². The van der Waals surface area contributed by atoms with Crippen molar-refractivity contribution in [1.29, 1.82) is 5.26 Å². The lowest BCUT2D eigenvalue weighted by molar-refractivity contribution is 0.00694. The highest BCUT2D eigenvalue weighted by molar-refractivity contribution is 6.00. The number of primary amides is 1. The molecule has 2 aliphatic rings. The van der Waals surface area contributed by atoms with Crippen molar-refractivity contribution < 1.29 is 18.7 Å². The maximum Gasteiger partial charge on any atom is 0.412 e. The number of benzene rings is 1. The van der Waals surface area contributed by atoms with Crippen LogP contribution < -0.4 is 21.6 Å². The minimum absolute atomic E-state index is 0.0633. The first-order chi connectivity index (χ1) is 17.4. The Bertz CT molecular complexity index is 1180. The predicted octanol–water partition coefficient (Wildman–Crippen LogP) is 1.71. The smallest absolute Gasteiger partial charge is 0.412 e. The lowest BCUT2D eigenvalue weighted by atomic mass is 9.83. The molecule has 2 atom stereocenters. The number of aromatic nitrogens is 2. The molecule has 1 saturated heterocycles. The first-order valence-corrected chi connectivity index (χ1v) is 11.6. The van der Waals surface area contributed by atoms with Gasteiger partial charge in [0.05, 0.1) is 31.3 Å². The summed E-state index contributed by atoms with van der Waals surface area (Å²) in [6.07, 6.45) is 0.882. The molecule has 190 valence electrons. The summed E-state index contributed by atoms with van der Waals surface area (Å²) < 4.78 is 21.9. The van der Waals surface area contributed by atoms with Crippen molar-refractivity contribution in [2.75, 3.05) is 36.7 Å².